The molecule has 84 heavy (non-hydrogen) atoms. The van der Waals surface area contributed by atoms with Gasteiger partial charge in [-0.25, -0.2) is 4.57 Å². The number of likely N-dealkylation sites (N-methyl/N-ethyl adjacent to an activating group) is 1. The molecule has 0 spiro atoms. The van der Waals surface area contributed by atoms with Crippen molar-refractivity contribution in [2.24, 2.45) is 0 Å². The fraction of sp³-hybridized carbons (Fsp3) is 0.853. The Hall–Kier alpha value is -1.80. The van der Waals surface area contributed by atoms with E-state index in [1.807, 2.05) is 27.2 Å². The van der Waals surface area contributed by atoms with Gasteiger partial charge in [0.1, 0.15) is 13.2 Å². The molecule has 0 aliphatic rings. The first-order valence-electron chi connectivity index (χ1n) is 36.7. The maximum absolute atomic E-state index is 13.1. The summed E-state index contributed by atoms with van der Waals surface area (Å²) in [6.07, 6.45) is 91.0. The van der Waals surface area contributed by atoms with Crippen LogP contribution in [0, 0.1) is 0 Å². The zero-order valence-corrected chi connectivity index (χ0v) is 57.5. The van der Waals surface area contributed by atoms with Gasteiger partial charge in [-0.3, -0.25) is 13.8 Å². The van der Waals surface area contributed by atoms with Gasteiger partial charge in [0.05, 0.1) is 39.9 Å². The molecule has 0 saturated carbocycles. The largest absolute Gasteiger partial charge is 0.472 e. The molecule has 3 N–H and O–H groups in total. The van der Waals surface area contributed by atoms with Crippen LogP contribution in [0.3, 0.4) is 0 Å². The number of quaternary nitrogens is 1. The van der Waals surface area contributed by atoms with Gasteiger partial charge in [-0.2, -0.15) is 0 Å². The second kappa shape index (κ2) is 65.6. The van der Waals surface area contributed by atoms with Crippen molar-refractivity contribution in [3.63, 3.8) is 0 Å². The predicted molar refractivity (Wildman–Crippen MR) is 369 cm³/mol. The van der Waals surface area contributed by atoms with Crippen molar-refractivity contribution >= 4 is 13.7 Å². The third kappa shape index (κ3) is 67.7. The summed E-state index contributed by atoms with van der Waals surface area (Å²) >= 11 is 0. The average molecular weight is 1200 g/mol. The molecule has 1 amide bonds. The van der Waals surface area contributed by atoms with E-state index in [0.717, 1.165) is 57.8 Å². The number of amides is 1. The van der Waals surface area contributed by atoms with Crippen LogP contribution >= 0.6 is 7.82 Å². The number of nitrogens with one attached hydrogen (secondary N) is 1. The van der Waals surface area contributed by atoms with E-state index in [2.05, 4.69) is 67.8 Å². The maximum atomic E-state index is 13.1. The fourth-order valence-corrected chi connectivity index (χ4v) is 11.8. The highest BCUT2D eigenvalue weighted by Crippen LogP contribution is 2.43. The van der Waals surface area contributed by atoms with Crippen LogP contribution in [0.4, 0.5) is 0 Å². The molecule has 0 radical (unpaired) electrons. The lowest BCUT2D eigenvalue weighted by atomic mass is 10.0. The van der Waals surface area contributed by atoms with Gasteiger partial charge in [-0.15, -0.1) is 0 Å². The number of nitrogens with zero attached hydrogens (tertiary/aromatic N) is 1. The first-order valence-corrected chi connectivity index (χ1v) is 38.2. The second-order valence-corrected chi connectivity index (χ2v) is 27.7. The van der Waals surface area contributed by atoms with Gasteiger partial charge in [0.2, 0.25) is 5.91 Å². The lowest BCUT2D eigenvalue weighted by Gasteiger charge is -2.25. The fourth-order valence-electron chi connectivity index (χ4n) is 11.1. The lowest BCUT2D eigenvalue weighted by Crippen LogP contribution is -2.45. The van der Waals surface area contributed by atoms with E-state index in [1.54, 1.807) is 6.08 Å². The quantitative estimate of drug-likeness (QED) is 0.0243. The number of aliphatic hydroxyl groups is 1. The maximum Gasteiger partial charge on any atom is 0.472 e. The molecule has 0 saturated heterocycles. The van der Waals surface area contributed by atoms with Crippen LogP contribution in [0.15, 0.2) is 60.8 Å². The number of hydrogen-bond acceptors (Lipinski definition) is 5. The number of carbonyl (C=O) groups excluding carboxylic acids is 1. The highest BCUT2D eigenvalue weighted by molar-refractivity contribution is 7.47. The molecule has 3 unspecified atom stereocenters. The molecule has 0 aliphatic carbocycles. The number of phosphoric ester groups is 1. The summed E-state index contributed by atoms with van der Waals surface area (Å²) in [5, 5.41) is 14.0. The number of aliphatic hydroxyl groups excluding tert-OH is 1. The van der Waals surface area contributed by atoms with Crippen LogP contribution in [0.5, 0.6) is 0 Å². The zero-order valence-electron chi connectivity index (χ0n) is 56.7. The van der Waals surface area contributed by atoms with Crippen molar-refractivity contribution in [1.29, 1.82) is 0 Å². The molecule has 0 aromatic heterocycles. The van der Waals surface area contributed by atoms with Gasteiger partial charge in [0.25, 0.3) is 0 Å². The minimum Gasteiger partial charge on any atom is -0.387 e. The summed E-state index contributed by atoms with van der Waals surface area (Å²) in [6, 6.07) is -0.847. The minimum atomic E-state index is -4.35. The van der Waals surface area contributed by atoms with Crippen LogP contribution in [-0.2, 0) is 18.4 Å². The second-order valence-electron chi connectivity index (χ2n) is 26.3. The van der Waals surface area contributed by atoms with E-state index in [4.69, 9.17) is 9.05 Å². The molecule has 0 bridgehead atoms. The van der Waals surface area contributed by atoms with Crippen molar-refractivity contribution in [3.05, 3.63) is 60.8 Å². The van der Waals surface area contributed by atoms with Gasteiger partial charge in [0.15, 0.2) is 0 Å². The van der Waals surface area contributed by atoms with Crippen molar-refractivity contribution < 1.29 is 32.9 Å². The van der Waals surface area contributed by atoms with E-state index >= 15 is 0 Å². The molecular formula is C75H144N2O6P+. The summed E-state index contributed by atoms with van der Waals surface area (Å²) in [5.74, 6) is -0.169. The zero-order chi connectivity index (χ0) is 61.2. The molecule has 0 aliphatic heterocycles. The predicted octanol–water partition coefficient (Wildman–Crippen LogP) is 23.6. The average Bonchev–Trinajstić information content (AvgIpc) is 3.56. The Bertz CT molecular complexity index is 1550. The van der Waals surface area contributed by atoms with Crippen LogP contribution in [0.1, 0.15) is 361 Å². The van der Waals surface area contributed by atoms with E-state index < -0.39 is 20.0 Å². The molecular weight excluding hydrogens is 1060 g/mol. The summed E-state index contributed by atoms with van der Waals surface area (Å²) in [6.45, 7) is 4.76. The third-order valence-electron chi connectivity index (χ3n) is 16.7. The molecule has 494 valence electrons. The monoisotopic (exact) mass is 1200 g/mol. The Morgan fingerprint density at radius 3 is 1.05 bits per heavy atom. The first kappa shape index (κ1) is 82.2. The van der Waals surface area contributed by atoms with Crippen LogP contribution in [0.25, 0.3) is 0 Å². The lowest BCUT2D eigenvalue weighted by molar-refractivity contribution is -0.870. The Labute approximate surface area is 523 Å². The Morgan fingerprint density at radius 1 is 0.417 bits per heavy atom. The number of phosphoric acid groups is 1. The Morgan fingerprint density at radius 2 is 0.714 bits per heavy atom. The summed E-state index contributed by atoms with van der Waals surface area (Å²) in [7, 11) is 1.59. The molecule has 0 heterocycles. The smallest absolute Gasteiger partial charge is 0.387 e. The van der Waals surface area contributed by atoms with Crippen molar-refractivity contribution in [2.45, 2.75) is 373 Å². The highest BCUT2D eigenvalue weighted by atomic mass is 31.2. The van der Waals surface area contributed by atoms with Gasteiger partial charge in [-0.1, -0.05) is 357 Å². The molecule has 0 aromatic carbocycles. The number of rotatable bonds is 68. The molecule has 8 nitrogen and oxygen atoms in total. The third-order valence-corrected chi connectivity index (χ3v) is 17.7. The summed E-state index contributed by atoms with van der Waals surface area (Å²) in [5.41, 5.74) is 0. The van der Waals surface area contributed by atoms with Gasteiger partial charge < -0.3 is 19.8 Å². The van der Waals surface area contributed by atoms with E-state index in [9.17, 15) is 19.4 Å². The van der Waals surface area contributed by atoms with Crippen molar-refractivity contribution in [2.75, 3.05) is 40.9 Å². The van der Waals surface area contributed by atoms with Crippen LogP contribution in [-0.4, -0.2) is 73.4 Å². The first-order chi connectivity index (χ1) is 41.0. The van der Waals surface area contributed by atoms with Gasteiger partial charge in [-0.05, 0) is 57.8 Å². The summed E-state index contributed by atoms with van der Waals surface area (Å²) < 4.78 is 23.8. The van der Waals surface area contributed by atoms with Gasteiger partial charge >= 0.3 is 7.82 Å². The Kier molecular flexibility index (Phi) is 64.2. The van der Waals surface area contributed by atoms with Crippen molar-refractivity contribution in [1.82, 2.24) is 5.32 Å². The Balaban J connectivity index is 3.94. The van der Waals surface area contributed by atoms with Crippen LogP contribution < -0.4 is 5.32 Å². The molecule has 0 aromatic rings. The van der Waals surface area contributed by atoms with E-state index in [1.165, 1.54) is 283 Å². The molecule has 0 fully saturated rings. The topological polar surface area (TPSA) is 105 Å². The SMILES string of the molecule is CC/C=C\C/C=C\C/C=C\C/C=C\CCCCCCCCCCCCCCCCCCCCCCCCCCCCC(=O)NC(COP(=O)(O)OCC[N+](C)(C)C)C(O)/C=C/CCCCCCCCCCCCCCCCCCCCCCC. The minimum absolute atomic E-state index is 0.0632. The molecule has 9 heteroatoms. The number of carbonyl (C=O) groups is 1. The number of unbranched alkanes of at least 4 members (excludes halogenated alkanes) is 47. The van der Waals surface area contributed by atoms with Gasteiger partial charge in [0, 0.05) is 6.42 Å². The summed E-state index contributed by atoms with van der Waals surface area (Å²) in [4.78, 5) is 23.4. The van der Waals surface area contributed by atoms with E-state index in [0.29, 0.717) is 17.4 Å². The number of hydrogen-bond donors (Lipinski definition) is 3. The van der Waals surface area contributed by atoms with Crippen LogP contribution in [0.2, 0.25) is 0 Å². The number of allylic oxidation sites excluding steroid dienone is 9. The normalized spacial score (nSPS) is 13.9. The molecule has 0 rings (SSSR count). The standard InChI is InChI=1S/C75H143N2O6P/c1-6-8-10-12-14-16-18-20-22-24-26-28-30-31-32-33-34-35-36-37-38-39-40-41-42-43-44-45-47-49-51-53-55-57-59-61-63-65-67-69-75(79)76-73(72-83-84(80,81)82-71-70-77(3,4)5)74(78)68-66-64-62-60-58-56-54-52-50-48-46-29-27-25-23-21-19-17-15-13-11-9-7-2/h8,10,14,16,20,22,26,28,66,68,73-74,78H,6-7,9,11-13,15,17-19,21,23-25,27,29-65,67,69-72H2,1-5H3,(H-,76,79,80,81)/p+1/b10-8-,16-14-,22-20-,28-26-,68-66+. The highest BCUT2D eigenvalue weighted by Gasteiger charge is 2.28. The molecule has 3 atom stereocenters. The van der Waals surface area contributed by atoms with Crippen molar-refractivity contribution in [3.8, 4) is 0 Å². The van der Waals surface area contributed by atoms with E-state index in [-0.39, 0.29) is 19.1 Å².